The van der Waals surface area contributed by atoms with E-state index in [-0.39, 0.29) is 0 Å². The summed E-state index contributed by atoms with van der Waals surface area (Å²) in [5, 5.41) is 0. The van der Waals surface area contributed by atoms with Crippen molar-refractivity contribution >= 4 is 27.6 Å². The molecule has 0 atom stereocenters. The van der Waals surface area contributed by atoms with Crippen molar-refractivity contribution in [1.29, 1.82) is 0 Å². The zero-order chi connectivity index (χ0) is 25.9. The molecule has 0 bridgehead atoms. The Morgan fingerprint density at radius 3 is 1.95 bits per heavy atom. The van der Waals surface area contributed by atoms with Crippen molar-refractivity contribution in [2.24, 2.45) is 0 Å². The Morgan fingerprint density at radius 1 is 0.605 bits per heavy atom. The normalized spacial score (nSPS) is 12.0. The van der Waals surface area contributed by atoms with Gasteiger partial charge in [0.1, 0.15) is 0 Å². The molecule has 0 unspecified atom stereocenters. The average Bonchev–Trinajstić information content (AvgIpc) is 2.99. The van der Waals surface area contributed by atoms with Gasteiger partial charge in [0.2, 0.25) is 0 Å². The number of pyridine rings is 5. The van der Waals surface area contributed by atoms with Crippen LogP contribution in [0.25, 0.3) is 61.5 Å². The van der Waals surface area contributed by atoms with Crippen molar-refractivity contribution in [2.75, 3.05) is 0 Å². The Hall–Kier alpha value is -5.03. The fourth-order valence-corrected chi connectivity index (χ4v) is 4.68. The third-order valence-corrected chi connectivity index (χ3v) is 6.45. The first-order valence-corrected chi connectivity index (χ1v) is 12.6. The molecule has 5 heterocycles. The monoisotopic (exact) mass is 491 g/mol. The topological polar surface area (TPSA) is 64.5 Å². The highest BCUT2D eigenvalue weighted by atomic mass is 14.8. The van der Waals surface area contributed by atoms with Crippen LogP contribution in [0.15, 0.2) is 116 Å². The molecule has 5 heteroatoms. The lowest BCUT2D eigenvalue weighted by molar-refractivity contribution is 1.24. The molecule has 0 aliphatic rings. The second kappa shape index (κ2) is 10.1. The minimum Gasteiger partial charge on any atom is -0.254 e. The number of allylic oxidation sites excluding steroid dienone is 4. The minimum absolute atomic E-state index is 0.778. The predicted octanol–water partition coefficient (Wildman–Crippen LogP) is 7.95. The summed E-state index contributed by atoms with van der Waals surface area (Å²) in [6, 6.07) is 28.2. The molecule has 5 aromatic heterocycles. The summed E-state index contributed by atoms with van der Waals surface area (Å²) in [5.41, 5.74) is 10.8. The van der Waals surface area contributed by atoms with Crippen LogP contribution in [0.3, 0.4) is 0 Å². The summed E-state index contributed by atoms with van der Waals surface area (Å²) in [4.78, 5) is 24.1. The van der Waals surface area contributed by atoms with E-state index in [2.05, 4.69) is 46.4 Å². The lowest BCUT2D eigenvalue weighted by Gasteiger charge is -2.12. The van der Waals surface area contributed by atoms with Crippen molar-refractivity contribution in [3.05, 3.63) is 121 Å². The minimum atomic E-state index is 0.778. The van der Waals surface area contributed by atoms with Gasteiger partial charge >= 0.3 is 0 Å². The van der Waals surface area contributed by atoms with E-state index in [9.17, 15) is 0 Å². The van der Waals surface area contributed by atoms with Crippen LogP contribution in [0.5, 0.6) is 0 Å². The van der Waals surface area contributed by atoms with Gasteiger partial charge in [0.25, 0.3) is 0 Å². The van der Waals surface area contributed by atoms with Crippen LogP contribution in [0.4, 0.5) is 0 Å². The third-order valence-electron chi connectivity index (χ3n) is 6.45. The summed E-state index contributed by atoms with van der Waals surface area (Å²) in [6.07, 6.45) is 9.83. The lowest BCUT2D eigenvalue weighted by atomic mass is 10.0. The van der Waals surface area contributed by atoms with Crippen LogP contribution in [0, 0.1) is 0 Å². The van der Waals surface area contributed by atoms with Gasteiger partial charge in [0, 0.05) is 23.5 Å². The molecule has 0 N–H and O–H groups in total. The summed E-state index contributed by atoms with van der Waals surface area (Å²) < 4.78 is 0. The second-order valence-corrected chi connectivity index (χ2v) is 8.87. The fourth-order valence-electron chi connectivity index (χ4n) is 4.68. The quantitative estimate of drug-likeness (QED) is 0.229. The van der Waals surface area contributed by atoms with E-state index in [1.165, 1.54) is 0 Å². The Balaban J connectivity index is 1.52. The number of aromatic nitrogens is 5. The number of hydrogen-bond acceptors (Lipinski definition) is 5. The molecule has 6 rings (SSSR count). The van der Waals surface area contributed by atoms with Gasteiger partial charge in [-0.1, -0.05) is 54.6 Å². The van der Waals surface area contributed by atoms with Crippen molar-refractivity contribution in [1.82, 2.24) is 24.9 Å². The van der Waals surface area contributed by atoms with Gasteiger partial charge in [-0.05, 0) is 73.5 Å². The van der Waals surface area contributed by atoms with Gasteiger partial charge in [-0.3, -0.25) is 9.97 Å². The SMILES string of the molecule is C/C=C\C(=C/C)c1cc(-c2cccc(-c3cc(-c4ccccc4)c4ncccc4n3)n2)nc2cccnc12. The first-order valence-electron chi connectivity index (χ1n) is 12.6. The van der Waals surface area contributed by atoms with E-state index in [1.54, 1.807) is 12.4 Å². The molecule has 0 saturated carbocycles. The van der Waals surface area contributed by atoms with Crippen LogP contribution >= 0.6 is 0 Å². The molecule has 0 aliphatic carbocycles. The van der Waals surface area contributed by atoms with Crippen molar-refractivity contribution in [3.8, 4) is 33.9 Å². The van der Waals surface area contributed by atoms with Crippen molar-refractivity contribution in [3.63, 3.8) is 0 Å². The van der Waals surface area contributed by atoms with Gasteiger partial charge in [-0.25, -0.2) is 15.0 Å². The average molecular weight is 492 g/mol. The first-order chi connectivity index (χ1) is 18.7. The number of hydrogen-bond donors (Lipinski definition) is 0. The fraction of sp³-hybridized carbons (Fsp3) is 0.0606. The predicted molar refractivity (Wildman–Crippen MR) is 155 cm³/mol. The van der Waals surface area contributed by atoms with E-state index >= 15 is 0 Å². The standard InChI is InChI=1S/C33H25N5/c1-3-11-22(4-2)24-20-30(37-28-16-9-18-34-32(24)28)26-14-8-15-27(36-26)31-21-25(23-12-6-5-7-13-23)33-29(38-31)17-10-19-35-33/h3-21H,1-2H3/b11-3-,22-4+. The Bertz CT molecular complexity index is 1840. The molecular formula is C33H25N5. The molecule has 6 aromatic rings. The summed E-state index contributed by atoms with van der Waals surface area (Å²) in [6.45, 7) is 4.05. The van der Waals surface area contributed by atoms with E-state index in [4.69, 9.17) is 15.0 Å². The summed E-state index contributed by atoms with van der Waals surface area (Å²) in [5.74, 6) is 0. The van der Waals surface area contributed by atoms with Crippen LogP contribution in [-0.4, -0.2) is 24.9 Å². The smallest absolute Gasteiger partial charge is 0.0965 e. The Morgan fingerprint density at radius 2 is 1.26 bits per heavy atom. The van der Waals surface area contributed by atoms with E-state index in [0.717, 1.165) is 67.1 Å². The zero-order valence-corrected chi connectivity index (χ0v) is 21.2. The number of nitrogens with zero attached hydrogens (tertiary/aromatic N) is 5. The maximum atomic E-state index is 5.03. The van der Waals surface area contributed by atoms with E-state index in [1.807, 2.05) is 80.6 Å². The van der Waals surface area contributed by atoms with Crippen LogP contribution in [0.1, 0.15) is 19.4 Å². The Labute approximate surface area is 221 Å². The van der Waals surface area contributed by atoms with Crippen molar-refractivity contribution in [2.45, 2.75) is 13.8 Å². The number of fused-ring (bicyclic) bond motifs is 2. The number of rotatable bonds is 5. The van der Waals surface area contributed by atoms with Crippen LogP contribution < -0.4 is 0 Å². The number of benzene rings is 1. The molecule has 0 aliphatic heterocycles. The Kier molecular flexibility index (Phi) is 6.24. The highest BCUT2D eigenvalue weighted by Crippen LogP contribution is 2.32. The summed E-state index contributed by atoms with van der Waals surface area (Å²) >= 11 is 0. The molecule has 0 radical (unpaired) electrons. The van der Waals surface area contributed by atoms with E-state index in [0.29, 0.717) is 0 Å². The van der Waals surface area contributed by atoms with Gasteiger partial charge < -0.3 is 0 Å². The highest BCUT2D eigenvalue weighted by Gasteiger charge is 2.14. The van der Waals surface area contributed by atoms with Crippen molar-refractivity contribution < 1.29 is 0 Å². The maximum Gasteiger partial charge on any atom is 0.0965 e. The van der Waals surface area contributed by atoms with Gasteiger partial charge in [-0.2, -0.15) is 0 Å². The molecule has 38 heavy (non-hydrogen) atoms. The largest absolute Gasteiger partial charge is 0.254 e. The summed E-state index contributed by atoms with van der Waals surface area (Å²) in [7, 11) is 0. The highest BCUT2D eigenvalue weighted by molar-refractivity contribution is 5.95. The lowest BCUT2D eigenvalue weighted by Crippen LogP contribution is -1.97. The third kappa shape index (κ3) is 4.35. The molecule has 182 valence electrons. The van der Waals surface area contributed by atoms with Crippen LogP contribution in [-0.2, 0) is 0 Å². The van der Waals surface area contributed by atoms with Gasteiger partial charge in [0.05, 0.1) is 44.8 Å². The molecule has 1 aromatic carbocycles. The van der Waals surface area contributed by atoms with E-state index < -0.39 is 0 Å². The molecule has 0 fully saturated rings. The first kappa shape index (κ1) is 23.4. The molecule has 0 spiro atoms. The molecule has 0 saturated heterocycles. The van der Waals surface area contributed by atoms with Crippen LogP contribution in [0.2, 0.25) is 0 Å². The second-order valence-electron chi connectivity index (χ2n) is 8.87. The molecule has 5 nitrogen and oxygen atoms in total. The molecular weight excluding hydrogens is 466 g/mol. The zero-order valence-electron chi connectivity index (χ0n) is 21.2. The van der Waals surface area contributed by atoms with Gasteiger partial charge in [-0.15, -0.1) is 0 Å². The molecule has 0 amide bonds. The maximum absolute atomic E-state index is 5.03. The van der Waals surface area contributed by atoms with Gasteiger partial charge in [0.15, 0.2) is 0 Å².